The standard InChI is InChI=1S/C21H18IN3O/c1-12-10-15(8-9-18(12)22)25-13(2)11-17(14(25)3)20-23-19-7-5-4-6-16(19)21(26)24-20/h4-11H,1-3H3,(H,23,24,26). The summed E-state index contributed by atoms with van der Waals surface area (Å²) in [4.78, 5) is 20.0. The maximum Gasteiger partial charge on any atom is 0.259 e. The van der Waals surface area contributed by atoms with Crippen LogP contribution in [0.3, 0.4) is 0 Å². The van der Waals surface area contributed by atoms with Crippen LogP contribution in [0.25, 0.3) is 28.0 Å². The van der Waals surface area contributed by atoms with Crippen molar-refractivity contribution in [2.75, 3.05) is 0 Å². The summed E-state index contributed by atoms with van der Waals surface area (Å²) in [6.45, 7) is 6.25. The third-order valence-corrected chi connectivity index (χ3v) is 5.91. The minimum atomic E-state index is -0.111. The molecule has 0 saturated carbocycles. The third kappa shape index (κ3) is 2.76. The zero-order valence-electron chi connectivity index (χ0n) is 14.8. The molecule has 0 spiro atoms. The van der Waals surface area contributed by atoms with Crippen LogP contribution in [0.2, 0.25) is 0 Å². The highest BCUT2D eigenvalue weighted by Gasteiger charge is 2.15. The number of benzene rings is 2. The Bertz CT molecular complexity index is 1200. The minimum absolute atomic E-state index is 0.111. The van der Waals surface area contributed by atoms with Crippen LogP contribution in [0.15, 0.2) is 53.3 Å². The molecular formula is C21H18IN3O. The summed E-state index contributed by atoms with van der Waals surface area (Å²) in [5.74, 6) is 0.607. The summed E-state index contributed by atoms with van der Waals surface area (Å²) in [5, 5.41) is 0.610. The first kappa shape index (κ1) is 17.0. The highest BCUT2D eigenvalue weighted by molar-refractivity contribution is 14.1. The number of fused-ring (bicyclic) bond motifs is 1. The Kier molecular flexibility index (Phi) is 4.19. The predicted octanol–water partition coefficient (Wildman–Crippen LogP) is 4.91. The van der Waals surface area contributed by atoms with Crippen LogP contribution in [0.1, 0.15) is 17.0 Å². The van der Waals surface area contributed by atoms with Gasteiger partial charge in [-0.2, -0.15) is 0 Å². The molecule has 0 fully saturated rings. The first-order chi connectivity index (χ1) is 12.5. The molecule has 0 radical (unpaired) electrons. The molecule has 4 rings (SSSR count). The van der Waals surface area contributed by atoms with E-state index in [1.54, 1.807) is 6.07 Å². The number of para-hydroxylation sites is 1. The van der Waals surface area contributed by atoms with Crippen molar-refractivity contribution in [3.8, 4) is 17.1 Å². The Morgan fingerprint density at radius 3 is 2.58 bits per heavy atom. The highest BCUT2D eigenvalue weighted by atomic mass is 127. The van der Waals surface area contributed by atoms with Crippen molar-refractivity contribution in [1.82, 2.24) is 14.5 Å². The van der Waals surface area contributed by atoms with Crippen LogP contribution < -0.4 is 5.56 Å². The second kappa shape index (κ2) is 6.39. The Morgan fingerprint density at radius 2 is 1.81 bits per heavy atom. The van der Waals surface area contributed by atoms with E-state index in [-0.39, 0.29) is 5.56 Å². The van der Waals surface area contributed by atoms with Gasteiger partial charge in [0.1, 0.15) is 5.82 Å². The lowest BCUT2D eigenvalue weighted by Gasteiger charge is -2.11. The first-order valence-corrected chi connectivity index (χ1v) is 9.48. The Hall–Kier alpha value is -2.41. The summed E-state index contributed by atoms with van der Waals surface area (Å²) in [5.41, 5.74) is 6.07. The van der Waals surface area contributed by atoms with Crippen LogP contribution in [0.5, 0.6) is 0 Å². The number of halogens is 1. The quantitative estimate of drug-likeness (QED) is 0.437. The Morgan fingerprint density at radius 1 is 1.04 bits per heavy atom. The molecule has 0 aliphatic rings. The maximum absolute atomic E-state index is 12.4. The molecule has 4 nitrogen and oxygen atoms in total. The lowest BCUT2D eigenvalue weighted by atomic mass is 10.2. The summed E-state index contributed by atoms with van der Waals surface area (Å²) >= 11 is 2.34. The molecule has 4 aromatic rings. The molecule has 2 heterocycles. The molecule has 5 heteroatoms. The van der Waals surface area contributed by atoms with Gasteiger partial charge < -0.3 is 9.55 Å². The molecule has 2 aromatic heterocycles. The van der Waals surface area contributed by atoms with Gasteiger partial charge in [-0.25, -0.2) is 4.98 Å². The lowest BCUT2D eigenvalue weighted by Crippen LogP contribution is -2.09. The van der Waals surface area contributed by atoms with Crippen molar-refractivity contribution in [2.24, 2.45) is 0 Å². The van der Waals surface area contributed by atoms with Gasteiger partial charge in [-0.1, -0.05) is 12.1 Å². The van der Waals surface area contributed by atoms with E-state index >= 15 is 0 Å². The fourth-order valence-electron chi connectivity index (χ4n) is 3.38. The number of aromatic amines is 1. The summed E-state index contributed by atoms with van der Waals surface area (Å²) in [7, 11) is 0. The number of rotatable bonds is 2. The number of aromatic nitrogens is 3. The molecule has 0 atom stereocenters. The van der Waals surface area contributed by atoms with E-state index in [2.05, 4.69) is 82.2 Å². The molecule has 0 aliphatic heterocycles. The lowest BCUT2D eigenvalue weighted by molar-refractivity contribution is 0.962. The van der Waals surface area contributed by atoms with Gasteiger partial charge in [-0.05, 0) is 85.3 Å². The number of hydrogen-bond acceptors (Lipinski definition) is 2. The van der Waals surface area contributed by atoms with Crippen LogP contribution >= 0.6 is 22.6 Å². The maximum atomic E-state index is 12.4. The van der Waals surface area contributed by atoms with E-state index in [1.165, 1.54) is 9.13 Å². The fourth-order valence-corrected chi connectivity index (χ4v) is 3.72. The predicted molar refractivity (Wildman–Crippen MR) is 114 cm³/mol. The molecule has 0 amide bonds. The van der Waals surface area contributed by atoms with Gasteiger partial charge >= 0.3 is 0 Å². The zero-order valence-corrected chi connectivity index (χ0v) is 17.0. The second-order valence-corrected chi connectivity index (χ2v) is 7.65. The zero-order chi connectivity index (χ0) is 18.4. The van der Waals surface area contributed by atoms with Crippen LogP contribution in [-0.4, -0.2) is 14.5 Å². The highest BCUT2D eigenvalue weighted by Crippen LogP contribution is 2.28. The average molecular weight is 455 g/mol. The van der Waals surface area contributed by atoms with E-state index in [0.29, 0.717) is 16.7 Å². The first-order valence-electron chi connectivity index (χ1n) is 8.40. The van der Waals surface area contributed by atoms with Gasteiger partial charge in [0, 0.05) is 26.2 Å². The monoisotopic (exact) mass is 455 g/mol. The number of hydrogen-bond donors (Lipinski definition) is 1. The van der Waals surface area contributed by atoms with Crippen LogP contribution in [0.4, 0.5) is 0 Å². The SMILES string of the molecule is Cc1cc(-n2c(C)cc(-c3nc4ccccc4c(=O)[nH]3)c2C)ccc1I. The van der Waals surface area contributed by atoms with Crippen molar-refractivity contribution < 1.29 is 0 Å². The molecule has 130 valence electrons. The van der Waals surface area contributed by atoms with Crippen molar-refractivity contribution in [2.45, 2.75) is 20.8 Å². The third-order valence-electron chi connectivity index (χ3n) is 4.70. The number of nitrogens with one attached hydrogen (secondary N) is 1. The van der Waals surface area contributed by atoms with E-state index in [0.717, 1.165) is 22.6 Å². The van der Waals surface area contributed by atoms with Crippen molar-refractivity contribution >= 4 is 33.5 Å². The molecule has 2 aromatic carbocycles. The van der Waals surface area contributed by atoms with E-state index < -0.39 is 0 Å². The molecule has 1 N–H and O–H groups in total. The molecule has 0 unspecified atom stereocenters. The average Bonchev–Trinajstić information content (AvgIpc) is 2.92. The summed E-state index contributed by atoms with van der Waals surface area (Å²) in [6, 6.07) is 15.9. The number of H-pyrrole nitrogens is 1. The molecule has 0 aliphatic carbocycles. The van der Waals surface area contributed by atoms with Gasteiger partial charge in [0.25, 0.3) is 5.56 Å². The van der Waals surface area contributed by atoms with E-state index in [9.17, 15) is 4.79 Å². The number of nitrogens with zero attached hydrogens (tertiary/aromatic N) is 2. The minimum Gasteiger partial charge on any atom is -0.318 e. The van der Waals surface area contributed by atoms with Crippen molar-refractivity contribution in [1.29, 1.82) is 0 Å². The van der Waals surface area contributed by atoms with Gasteiger partial charge in [0.2, 0.25) is 0 Å². The number of aryl methyl sites for hydroxylation is 2. The second-order valence-electron chi connectivity index (χ2n) is 6.49. The fraction of sp³-hybridized carbons (Fsp3) is 0.143. The summed E-state index contributed by atoms with van der Waals surface area (Å²) < 4.78 is 3.45. The Labute approximate surface area is 165 Å². The normalized spacial score (nSPS) is 11.2. The van der Waals surface area contributed by atoms with Crippen molar-refractivity contribution in [3.05, 3.63) is 79.4 Å². The molecular weight excluding hydrogens is 437 g/mol. The Balaban J connectivity index is 1.92. The van der Waals surface area contributed by atoms with E-state index in [4.69, 9.17) is 0 Å². The van der Waals surface area contributed by atoms with Gasteiger partial charge in [-0.15, -0.1) is 0 Å². The van der Waals surface area contributed by atoms with Crippen molar-refractivity contribution in [3.63, 3.8) is 0 Å². The topological polar surface area (TPSA) is 50.7 Å². The molecule has 26 heavy (non-hydrogen) atoms. The summed E-state index contributed by atoms with van der Waals surface area (Å²) in [6.07, 6.45) is 0. The van der Waals surface area contributed by atoms with Crippen LogP contribution in [0, 0.1) is 24.3 Å². The van der Waals surface area contributed by atoms with Gasteiger partial charge in [0.05, 0.1) is 10.9 Å². The largest absolute Gasteiger partial charge is 0.318 e. The molecule has 0 saturated heterocycles. The smallest absolute Gasteiger partial charge is 0.259 e. The molecule has 0 bridgehead atoms. The van der Waals surface area contributed by atoms with E-state index in [1.807, 2.05) is 18.2 Å². The van der Waals surface area contributed by atoms with Gasteiger partial charge in [0.15, 0.2) is 0 Å². The van der Waals surface area contributed by atoms with Gasteiger partial charge in [-0.3, -0.25) is 4.79 Å². The van der Waals surface area contributed by atoms with Crippen LogP contribution in [-0.2, 0) is 0 Å².